The molecule has 0 radical (unpaired) electrons. The van der Waals surface area contributed by atoms with E-state index in [0.29, 0.717) is 3.74 Å². The van der Waals surface area contributed by atoms with Crippen LogP contribution in [-0.4, -0.2) is 3.74 Å². The molecule has 0 saturated heterocycles. The van der Waals surface area contributed by atoms with Gasteiger partial charge in [0.25, 0.3) is 0 Å². The number of para-hydroxylation sites is 1. The first-order chi connectivity index (χ1) is 6.70. The maximum atomic E-state index is 5.84. The smallest absolute Gasteiger partial charge is 0.0697 e. The van der Waals surface area contributed by atoms with Gasteiger partial charge < -0.3 is 5.73 Å². The molecule has 1 aromatic carbocycles. The summed E-state index contributed by atoms with van der Waals surface area (Å²) >= 11 is 6.93. The standard InChI is InChI=1S/C11H15Br2N/c12-11(13)8-4-2-6-9-5-1-3-7-10(9)14/h1,3,5,7,11H,2,4,6,8,14H2. The minimum absolute atomic E-state index is 0.447. The molecule has 0 amide bonds. The van der Waals surface area contributed by atoms with Crippen LogP contribution in [0.5, 0.6) is 0 Å². The van der Waals surface area contributed by atoms with E-state index in [4.69, 9.17) is 5.73 Å². The van der Waals surface area contributed by atoms with Crippen LogP contribution in [0.4, 0.5) is 5.69 Å². The van der Waals surface area contributed by atoms with Crippen molar-refractivity contribution in [1.82, 2.24) is 0 Å². The number of unbranched alkanes of at least 4 members (excludes halogenated alkanes) is 1. The van der Waals surface area contributed by atoms with Crippen LogP contribution in [-0.2, 0) is 6.42 Å². The fourth-order valence-corrected chi connectivity index (χ4v) is 2.02. The van der Waals surface area contributed by atoms with Crippen molar-refractivity contribution in [3.63, 3.8) is 0 Å². The normalized spacial score (nSPS) is 10.8. The van der Waals surface area contributed by atoms with Crippen molar-refractivity contribution in [3.05, 3.63) is 29.8 Å². The van der Waals surface area contributed by atoms with Crippen LogP contribution < -0.4 is 5.73 Å². The zero-order valence-corrected chi connectivity index (χ0v) is 11.2. The number of benzene rings is 1. The van der Waals surface area contributed by atoms with Crippen LogP contribution in [0.15, 0.2) is 24.3 Å². The highest BCUT2D eigenvalue weighted by Gasteiger charge is 2.00. The highest BCUT2D eigenvalue weighted by atomic mass is 79.9. The van der Waals surface area contributed by atoms with Gasteiger partial charge in [0.2, 0.25) is 0 Å². The van der Waals surface area contributed by atoms with Crippen molar-refractivity contribution >= 4 is 37.5 Å². The average Bonchev–Trinajstić information content (AvgIpc) is 2.15. The fraction of sp³-hybridized carbons (Fsp3) is 0.455. The van der Waals surface area contributed by atoms with Gasteiger partial charge in [0.15, 0.2) is 0 Å². The zero-order chi connectivity index (χ0) is 10.4. The molecule has 0 fully saturated rings. The van der Waals surface area contributed by atoms with E-state index in [1.165, 1.54) is 18.4 Å². The first-order valence-corrected chi connectivity index (χ1v) is 6.65. The van der Waals surface area contributed by atoms with Crippen molar-refractivity contribution in [2.24, 2.45) is 0 Å². The highest BCUT2D eigenvalue weighted by Crippen LogP contribution is 2.18. The minimum atomic E-state index is 0.447. The second kappa shape index (κ2) is 6.46. The van der Waals surface area contributed by atoms with E-state index in [1.54, 1.807) is 0 Å². The number of nitrogens with two attached hydrogens (primary N) is 1. The lowest BCUT2D eigenvalue weighted by molar-refractivity contribution is 0.717. The van der Waals surface area contributed by atoms with Crippen LogP contribution in [0.3, 0.4) is 0 Å². The van der Waals surface area contributed by atoms with Gasteiger partial charge in [-0.1, -0.05) is 56.5 Å². The molecule has 1 rings (SSSR count). The Hall–Kier alpha value is -0.0200. The molecule has 1 aromatic rings. The van der Waals surface area contributed by atoms with Crippen LogP contribution in [0, 0.1) is 0 Å². The molecule has 0 aliphatic rings. The molecule has 0 aromatic heterocycles. The molecule has 78 valence electrons. The van der Waals surface area contributed by atoms with Crippen LogP contribution >= 0.6 is 31.9 Å². The van der Waals surface area contributed by atoms with Gasteiger partial charge in [0, 0.05) is 5.69 Å². The summed E-state index contributed by atoms with van der Waals surface area (Å²) in [6, 6.07) is 8.09. The summed E-state index contributed by atoms with van der Waals surface area (Å²) in [5.41, 5.74) is 8.03. The summed E-state index contributed by atoms with van der Waals surface area (Å²) in [5.74, 6) is 0. The highest BCUT2D eigenvalue weighted by molar-refractivity contribution is 9.24. The third-order valence-electron chi connectivity index (χ3n) is 2.17. The Balaban J connectivity index is 2.28. The van der Waals surface area contributed by atoms with Crippen molar-refractivity contribution in [1.29, 1.82) is 0 Å². The number of halogens is 2. The van der Waals surface area contributed by atoms with Gasteiger partial charge in [-0.15, -0.1) is 0 Å². The van der Waals surface area contributed by atoms with Crippen LogP contribution in [0.25, 0.3) is 0 Å². The van der Waals surface area contributed by atoms with Gasteiger partial charge in [-0.2, -0.15) is 0 Å². The molecule has 0 aliphatic carbocycles. The molecule has 0 heterocycles. The molecule has 0 atom stereocenters. The van der Waals surface area contributed by atoms with Crippen molar-refractivity contribution in [3.8, 4) is 0 Å². The van der Waals surface area contributed by atoms with E-state index < -0.39 is 0 Å². The molecule has 14 heavy (non-hydrogen) atoms. The molecule has 3 heteroatoms. The van der Waals surface area contributed by atoms with Crippen LogP contribution in [0.1, 0.15) is 24.8 Å². The summed E-state index contributed by atoms with van der Waals surface area (Å²) in [6.07, 6.45) is 4.66. The van der Waals surface area contributed by atoms with Crippen molar-refractivity contribution < 1.29 is 0 Å². The quantitative estimate of drug-likeness (QED) is 0.493. The van der Waals surface area contributed by atoms with E-state index in [9.17, 15) is 0 Å². The molecular formula is C11H15Br2N. The number of aryl methyl sites for hydroxylation is 1. The summed E-state index contributed by atoms with van der Waals surface area (Å²) < 4.78 is 0.447. The van der Waals surface area contributed by atoms with Crippen molar-refractivity contribution in [2.45, 2.75) is 29.4 Å². The van der Waals surface area contributed by atoms with E-state index >= 15 is 0 Å². The molecule has 0 saturated carbocycles. The Bertz CT molecular complexity index is 274. The number of alkyl halides is 2. The Kier molecular flexibility index (Phi) is 5.56. The minimum Gasteiger partial charge on any atom is -0.399 e. The maximum absolute atomic E-state index is 5.84. The predicted octanol–water partition coefficient (Wildman–Crippen LogP) is 4.10. The summed E-state index contributed by atoms with van der Waals surface area (Å²) in [7, 11) is 0. The summed E-state index contributed by atoms with van der Waals surface area (Å²) in [6.45, 7) is 0. The number of nitrogen functional groups attached to an aromatic ring is 1. The van der Waals surface area contributed by atoms with E-state index in [2.05, 4.69) is 37.9 Å². The SMILES string of the molecule is Nc1ccccc1CCCCC(Br)Br. The molecule has 0 aliphatic heterocycles. The topological polar surface area (TPSA) is 26.0 Å². The second-order valence-electron chi connectivity index (χ2n) is 3.34. The van der Waals surface area contributed by atoms with Gasteiger partial charge in [-0.05, 0) is 30.9 Å². The Morgan fingerprint density at radius 3 is 2.50 bits per heavy atom. The molecule has 2 N–H and O–H groups in total. The lowest BCUT2D eigenvalue weighted by Crippen LogP contribution is -1.94. The first kappa shape index (κ1) is 12.1. The Morgan fingerprint density at radius 2 is 1.86 bits per heavy atom. The third-order valence-corrected chi connectivity index (χ3v) is 3.09. The number of anilines is 1. The molecular weight excluding hydrogens is 306 g/mol. The Labute approximate surface area is 102 Å². The lowest BCUT2D eigenvalue weighted by atomic mass is 10.1. The third kappa shape index (κ3) is 4.47. The largest absolute Gasteiger partial charge is 0.399 e. The predicted molar refractivity (Wildman–Crippen MR) is 70.1 cm³/mol. The lowest BCUT2D eigenvalue weighted by Gasteiger charge is -2.05. The first-order valence-electron chi connectivity index (χ1n) is 4.81. The number of rotatable bonds is 5. The van der Waals surface area contributed by atoms with Gasteiger partial charge in [0.05, 0.1) is 3.74 Å². The molecule has 0 bridgehead atoms. The van der Waals surface area contributed by atoms with Gasteiger partial charge in [-0.25, -0.2) is 0 Å². The monoisotopic (exact) mass is 319 g/mol. The summed E-state index contributed by atoms with van der Waals surface area (Å²) in [4.78, 5) is 0. The maximum Gasteiger partial charge on any atom is 0.0697 e. The Morgan fingerprint density at radius 1 is 1.14 bits per heavy atom. The fourth-order valence-electron chi connectivity index (χ4n) is 1.38. The van der Waals surface area contributed by atoms with Gasteiger partial charge >= 0.3 is 0 Å². The van der Waals surface area contributed by atoms with E-state index in [1.807, 2.05) is 18.2 Å². The molecule has 0 spiro atoms. The van der Waals surface area contributed by atoms with Crippen LogP contribution in [0.2, 0.25) is 0 Å². The second-order valence-corrected chi connectivity index (χ2v) is 6.78. The molecule has 0 unspecified atom stereocenters. The summed E-state index contributed by atoms with van der Waals surface area (Å²) in [5, 5.41) is 0. The van der Waals surface area contributed by atoms with Crippen molar-refractivity contribution in [2.75, 3.05) is 5.73 Å². The van der Waals surface area contributed by atoms with Gasteiger partial charge in [-0.3, -0.25) is 0 Å². The average molecular weight is 321 g/mol. The van der Waals surface area contributed by atoms with E-state index in [0.717, 1.165) is 18.5 Å². The van der Waals surface area contributed by atoms with E-state index in [-0.39, 0.29) is 0 Å². The van der Waals surface area contributed by atoms with Gasteiger partial charge in [0.1, 0.15) is 0 Å². The number of hydrogen-bond acceptors (Lipinski definition) is 1. The number of hydrogen-bond donors (Lipinski definition) is 1. The zero-order valence-electron chi connectivity index (χ0n) is 8.05. The molecule has 1 nitrogen and oxygen atoms in total.